The number of hydrogen-bond acceptors (Lipinski definition) is 3. The second-order valence-corrected chi connectivity index (χ2v) is 5.65. The summed E-state index contributed by atoms with van der Waals surface area (Å²) < 4.78 is 11.4. The van der Waals surface area contributed by atoms with Gasteiger partial charge in [0.1, 0.15) is 17.9 Å². The SMILES string of the molecule is Cc1ccc(OCC2CCC(C)(C)O2)c(C(=O)O)c1. The van der Waals surface area contributed by atoms with Crippen molar-refractivity contribution in [2.75, 3.05) is 6.61 Å². The third kappa shape index (κ3) is 3.47. The third-order valence-electron chi connectivity index (χ3n) is 3.34. The Morgan fingerprint density at radius 1 is 1.53 bits per heavy atom. The second-order valence-electron chi connectivity index (χ2n) is 5.65. The largest absolute Gasteiger partial charge is 0.490 e. The molecule has 0 aliphatic carbocycles. The van der Waals surface area contributed by atoms with Gasteiger partial charge in [-0.05, 0) is 45.7 Å². The van der Waals surface area contributed by atoms with E-state index >= 15 is 0 Å². The van der Waals surface area contributed by atoms with E-state index in [0.29, 0.717) is 12.4 Å². The van der Waals surface area contributed by atoms with Gasteiger partial charge >= 0.3 is 5.97 Å². The molecule has 4 heteroatoms. The highest BCUT2D eigenvalue weighted by atomic mass is 16.6. The van der Waals surface area contributed by atoms with Crippen LogP contribution in [-0.4, -0.2) is 29.4 Å². The molecule has 0 bridgehead atoms. The van der Waals surface area contributed by atoms with Crippen LogP contribution in [0.25, 0.3) is 0 Å². The average Bonchev–Trinajstić information content (AvgIpc) is 2.67. The van der Waals surface area contributed by atoms with Gasteiger partial charge in [-0.25, -0.2) is 4.79 Å². The van der Waals surface area contributed by atoms with Gasteiger partial charge in [0, 0.05) is 0 Å². The first-order chi connectivity index (χ1) is 8.87. The molecule has 1 aliphatic rings. The van der Waals surface area contributed by atoms with Crippen molar-refractivity contribution in [1.29, 1.82) is 0 Å². The summed E-state index contributed by atoms with van der Waals surface area (Å²) in [6.07, 6.45) is 1.99. The lowest BCUT2D eigenvalue weighted by atomic mass is 10.1. The van der Waals surface area contributed by atoms with E-state index in [9.17, 15) is 4.79 Å². The van der Waals surface area contributed by atoms with E-state index in [0.717, 1.165) is 18.4 Å². The molecule has 0 spiro atoms. The summed E-state index contributed by atoms with van der Waals surface area (Å²) in [5.41, 5.74) is 1.01. The van der Waals surface area contributed by atoms with Gasteiger partial charge in [0.15, 0.2) is 0 Å². The minimum Gasteiger partial charge on any atom is -0.490 e. The number of aromatic carboxylic acids is 1. The zero-order valence-corrected chi connectivity index (χ0v) is 11.6. The van der Waals surface area contributed by atoms with Crippen LogP contribution in [0.5, 0.6) is 5.75 Å². The van der Waals surface area contributed by atoms with Gasteiger partial charge in [-0.2, -0.15) is 0 Å². The molecule has 1 fully saturated rings. The zero-order chi connectivity index (χ0) is 14.0. The first kappa shape index (κ1) is 13.9. The molecule has 1 heterocycles. The van der Waals surface area contributed by atoms with Gasteiger partial charge in [0.05, 0.1) is 11.7 Å². The number of rotatable bonds is 4. The number of ether oxygens (including phenoxy) is 2. The molecule has 1 atom stereocenters. The van der Waals surface area contributed by atoms with Crippen molar-refractivity contribution in [2.45, 2.75) is 45.3 Å². The van der Waals surface area contributed by atoms with E-state index in [1.165, 1.54) is 0 Å². The zero-order valence-electron chi connectivity index (χ0n) is 11.6. The Bertz CT molecular complexity index is 479. The Kier molecular flexibility index (Phi) is 3.80. The summed E-state index contributed by atoms with van der Waals surface area (Å²) in [6.45, 7) is 6.37. The second kappa shape index (κ2) is 5.21. The fraction of sp³-hybridized carbons (Fsp3) is 0.533. The smallest absolute Gasteiger partial charge is 0.339 e. The lowest BCUT2D eigenvalue weighted by Crippen LogP contribution is -2.24. The van der Waals surface area contributed by atoms with E-state index in [-0.39, 0.29) is 17.3 Å². The molecule has 1 unspecified atom stereocenters. The Hall–Kier alpha value is -1.55. The standard InChI is InChI=1S/C15H20O4/c1-10-4-5-13(12(8-10)14(16)17)18-9-11-6-7-15(2,3)19-11/h4-5,8,11H,6-7,9H2,1-3H3,(H,16,17). The molecular formula is C15H20O4. The molecule has 2 rings (SSSR count). The summed E-state index contributed by atoms with van der Waals surface area (Å²) in [4.78, 5) is 11.2. The number of carboxylic acids is 1. The van der Waals surface area contributed by atoms with Gasteiger partial charge < -0.3 is 14.6 Å². The maximum absolute atomic E-state index is 11.2. The molecule has 1 N–H and O–H groups in total. The predicted molar refractivity (Wildman–Crippen MR) is 71.8 cm³/mol. The molecule has 4 nitrogen and oxygen atoms in total. The first-order valence-corrected chi connectivity index (χ1v) is 6.52. The van der Waals surface area contributed by atoms with Gasteiger partial charge in [0.25, 0.3) is 0 Å². The lowest BCUT2D eigenvalue weighted by molar-refractivity contribution is -0.0328. The number of carbonyl (C=O) groups is 1. The summed E-state index contributed by atoms with van der Waals surface area (Å²) in [6, 6.07) is 5.18. The molecule has 1 aliphatic heterocycles. The fourth-order valence-electron chi connectivity index (χ4n) is 2.31. The predicted octanol–water partition coefficient (Wildman–Crippen LogP) is 3.03. The third-order valence-corrected chi connectivity index (χ3v) is 3.34. The number of benzene rings is 1. The highest BCUT2D eigenvalue weighted by molar-refractivity contribution is 5.91. The van der Waals surface area contributed by atoms with E-state index in [2.05, 4.69) is 13.8 Å². The van der Waals surface area contributed by atoms with Crippen molar-refractivity contribution < 1.29 is 19.4 Å². The number of aryl methyl sites for hydroxylation is 1. The van der Waals surface area contributed by atoms with Crippen molar-refractivity contribution in [2.24, 2.45) is 0 Å². The van der Waals surface area contributed by atoms with Crippen LogP contribution < -0.4 is 4.74 Å². The van der Waals surface area contributed by atoms with Crippen molar-refractivity contribution >= 4 is 5.97 Å². The molecule has 1 aromatic rings. The topological polar surface area (TPSA) is 55.8 Å². The average molecular weight is 264 g/mol. The van der Waals surface area contributed by atoms with E-state index in [1.807, 2.05) is 13.0 Å². The van der Waals surface area contributed by atoms with Crippen LogP contribution in [0.1, 0.15) is 42.6 Å². The van der Waals surface area contributed by atoms with Gasteiger partial charge in [-0.15, -0.1) is 0 Å². The molecule has 0 saturated carbocycles. The maximum Gasteiger partial charge on any atom is 0.339 e. The number of hydrogen-bond donors (Lipinski definition) is 1. The van der Waals surface area contributed by atoms with Crippen molar-refractivity contribution in [3.63, 3.8) is 0 Å². The summed E-state index contributed by atoms with van der Waals surface area (Å²) >= 11 is 0. The molecule has 1 aromatic carbocycles. The highest BCUT2D eigenvalue weighted by Gasteiger charge is 2.32. The fourth-order valence-corrected chi connectivity index (χ4v) is 2.31. The van der Waals surface area contributed by atoms with Crippen LogP contribution in [-0.2, 0) is 4.74 Å². The molecular weight excluding hydrogens is 244 g/mol. The van der Waals surface area contributed by atoms with Crippen molar-refractivity contribution in [3.05, 3.63) is 29.3 Å². The Morgan fingerprint density at radius 2 is 2.26 bits per heavy atom. The van der Waals surface area contributed by atoms with Crippen LogP contribution in [0.4, 0.5) is 0 Å². The molecule has 104 valence electrons. The molecule has 0 amide bonds. The van der Waals surface area contributed by atoms with Crippen LogP contribution in [0, 0.1) is 6.92 Å². The number of carboxylic acid groups (broad SMARTS) is 1. The minimum atomic E-state index is -0.966. The van der Waals surface area contributed by atoms with Gasteiger partial charge in [-0.1, -0.05) is 11.6 Å². The summed E-state index contributed by atoms with van der Waals surface area (Å²) in [7, 11) is 0. The highest BCUT2D eigenvalue weighted by Crippen LogP contribution is 2.30. The molecule has 0 aromatic heterocycles. The molecule has 1 saturated heterocycles. The summed E-state index contributed by atoms with van der Waals surface area (Å²) in [5, 5.41) is 9.15. The lowest BCUT2D eigenvalue weighted by Gasteiger charge is -2.19. The van der Waals surface area contributed by atoms with E-state index in [4.69, 9.17) is 14.6 Å². The van der Waals surface area contributed by atoms with Crippen molar-refractivity contribution in [3.8, 4) is 5.75 Å². The molecule has 19 heavy (non-hydrogen) atoms. The van der Waals surface area contributed by atoms with Crippen LogP contribution in [0.2, 0.25) is 0 Å². The Balaban J connectivity index is 2.02. The molecule has 0 radical (unpaired) electrons. The van der Waals surface area contributed by atoms with Gasteiger partial charge in [0.2, 0.25) is 0 Å². The van der Waals surface area contributed by atoms with Crippen LogP contribution >= 0.6 is 0 Å². The van der Waals surface area contributed by atoms with Crippen molar-refractivity contribution in [1.82, 2.24) is 0 Å². The quantitative estimate of drug-likeness (QED) is 0.908. The van der Waals surface area contributed by atoms with Gasteiger partial charge in [-0.3, -0.25) is 0 Å². The van der Waals surface area contributed by atoms with E-state index < -0.39 is 5.97 Å². The summed E-state index contributed by atoms with van der Waals surface area (Å²) in [5.74, 6) is -0.558. The Labute approximate surface area is 113 Å². The minimum absolute atomic E-state index is 0.0398. The monoisotopic (exact) mass is 264 g/mol. The van der Waals surface area contributed by atoms with Crippen LogP contribution in [0.3, 0.4) is 0 Å². The normalized spacial score (nSPS) is 21.3. The maximum atomic E-state index is 11.2. The first-order valence-electron chi connectivity index (χ1n) is 6.52. The van der Waals surface area contributed by atoms with E-state index in [1.54, 1.807) is 12.1 Å². The van der Waals surface area contributed by atoms with Crippen LogP contribution in [0.15, 0.2) is 18.2 Å². The Morgan fingerprint density at radius 3 is 2.84 bits per heavy atom.